The molecule has 13 heteroatoms. The van der Waals surface area contributed by atoms with E-state index in [0.29, 0.717) is 22.7 Å². The molecule has 2 saturated heterocycles. The van der Waals surface area contributed by atoms with Gasteiger partial charge in [0.25, 0.3) is 5.91 Å². The summed E-state index contributed by atoms with van der Waals surface area (Å²) in [5, 5.41) is 13.9. The lowest BCUT2D eigenvalue weighted by atomic mass is 10.0. The summed E-state index contributed by atoms with van der Waals surface area (Å²) in [6.07, 6.45) is -2.49. The summed E-state index contributed by atoms with van der Waals surface area (Å²) in [7, 11) is 0. The van der Waals surface area contributed by atoms with Gasteiger partial charge in [0.1, 0.15) is 30.2 Å². The number of hydrogen-bond donors (Lipinski definition) is 3. The second-order valence-electron chi connectivity index (χ2n) is 7.50. The maximum Gasteiger partial charge on any atom is 0.251 e. The van der Waals surface area contributed by atoms with E-state index in [0.717, 1.165) is 5.56 Å². The number of nitrogens with one attached hydrogen (secondary N) is 1. The van der Waals surface area contributed by atoms with E-state index in [9.17, 15) is 9.90 Å². The van der Waals surface area contributed by atoms with Crippen molar-refractivity contribution in [2.75, 3.05) is 12.3 Å². The van der Waals surface area contributed by atoms with Crippen LogP contribution >= 0.6 is 24.0 Å². The lowest BCUT2D eigenvalue weighted by Gasteiger charge is -2.23. The van der Waals surface area contributed by atoms with Gasteiger partial charge in [0, 0.05) is 17.1 Å². The van der Waals surface area contributed by atoms with Crippen molar-refractivity contribution >= 4 is 46.9 Å². The lowest BCUT2D eigenvalue weighted by Crippen LogP contribution is -2.47. The van der Waals surface area contributed by atoms with Gasteiger partial charge in [0.05, 0.1) is 6.33 Å². The number of aromatic nitrogens is 4. The van der Waals surface area contributed by atoms with Crippen molar-refractivity contribution in [2.24, 2.45) is 0 Å². The third-order valence-electron chi connectivity index (χ3n) is 5.52. The molecule has 4 heterocycles. The van der Waals surface area contributed by atoms with E-state index >= 15 is 0 Å². The van der Waals surface area contributed by atoms with Crippen molar-refractivity contribution in [2.45, 2.75) is 43.9 Å². The molecule has 5 rings (SSSR count). The second-order valence-corrected chi connectivity index (χ2v) is 7.93. The zero-order chi connectivity index (χ0) is 22.4. The minimum atomic E-state index is -1.46. The number of nitrogens with two attached hydrogens (primary N) is 1. The Balaban J connectivity index is 0.00000259. The van der Waals surface area contributed by atoms with Gasteiger partial charge in [-0.1, -0.05) is 23.7 Å². The fraction of sp³-hybridized carbons (Fsp3) is 0.400. The van der Waals surface area contributed by atoms with Crippen LogP contribution in [0.3, 0.4) is 0 Å². The number of nitrogen functional groups attached to an aromatic ring is 1. The van der Waals surface area contributed by atoms with Gasteiger partial charge in [-0.15, -0.1) is 12.4 Å². The minimum Gasteiger partial charge on any atom is -0.382 e. The number of benzene rings is 1. The maximum absolute atomic E-state index is 12.3. The molecule has 0 bridgehead atoms. The highest BCUT2D eigenvalue weighted by Crippen LogP contribution is 2.45. The number of amides is 1. The molecule has 11 nitrogen and oxygen atoms in total. The van der Waals surface area contributed by atoms with Gasteiger partial charge in [-0.3, -0.25) is 9.36 Å². The summed E-state index contributed by atoms with van der Waals surface area (Å²) in [6.45, 7) is 2.13. The van der Waals surface area contributed by atoms with Gasteiger partial charge < -0.3 is 30.4 Å². The first kappa shape index (κ1) is 23.6. The van der Waals surface area contributed by atoms with Crippen LogP contribution < -0.4 is 11.1 Å². The van der Waals surface area contributed by atoms with E-state index in [1.54, 1.807) is 35.8 Å². The van der Waals surface area contributed by atoms with Crippen molar-refractivity contribution in [1.82, 2.24) is 24.8 Å². The van der Waals surface area contributed by atoms with Crippen molar-refractivity contribution in [3.05, 3.63) is 47.5 Å². The van der Waals surface area contributed by atoms with E-state index in [2.05, 4.69) is 20.3 Å². The molecule has 3 aromatic rings. The zero-order valence-electron chi connectivity index (χ0n) is 17.4. The topological polar surface area (TPSA) is 147 Å². The largest absolute Gasteiger partial charge is 0.382 e. The third kappa shape index (κ3) is 4.12. The molecule has 176 valence electrons. The smallest absolute Gasteiger partial charge is 0.251 e. The van der Waals surface area contributed by atoms with Crippen LogP contribution in [0.1, 0.15) is 25.0 Å². The van der Waals surface area contributed by atoms with E-state index < -0.39 is 42.8 Å². The number of carbonyl (C=O) groups excluding carboxylic acids is 1. The first-order chi connectivity index (χ1) is 15.5. The summed E-state index contributed by atoms with van der Waals surface area (Å²) in [5.41, 5.74) is 7.50. The lowest BCUT2D eigenvalue weighted by molar-refractivity contribution is -0.172. The molecule has 0 radical (unpaired) electrons. The number of likely N-dealkylation sites (N-methyl/N-ethyl adjacent to an activating group) is 1. The van der Waals surface area contributed by atoms with Gasteiger partial charge in [-0.05, 0) is 19.1 Å². The zero-order valence-corrected chi connectivity index (χ0v) is 18.9. The van der Waals surface area contributed by atoms with Gasteiger partial charge in [-0.25, -0.2) is 15.0 Å². The van der Waals surface area contributed by atoms with Gasteiger partial charge in [0.2, 0.25) is 0 Å². The van der Waals surface area contributed by atoms with E-state index in [1.165, 1.54) is 12.7 Å². The SMILES string of the molecule is CCNC(=O)C(O)[C@H]1O[C@@H](n2cnc3c(N)ncnc32)[C@@H]2OC(c3ccc(Cl)cc3)O[C@@H]21.Cl. The average molecular weight is 497 g/mol. The molecule has 0 aliphatic carbocycles. The van der Waals surface area contributed by atoms with Gasteiger partial charge >= 0.3 is 0 Å². The molecule has 2 aliphatic heterocycles. The predicted octanol–water partition coefficient (Wildman–Crippen LogP) is 1.36. The van der Waals surface area contributed by atoms with Crippen molar-refractivity contribution in [3.8, 4) is 0 Å². The Kier molecular flexibility index (Phi) is 6.71. The molecule has 0 spiro atoms. The highest BCUT2D eigenvalue weighted by molar-refractivity contribution is 6.30. The molecule has 1 aromatic carbocycles. The quantitative estimate of drug-likeness (QED) is 0.476. The van der Waals surface area contributed by atoms with Crippen LogP contribution in [0.4, 0.5) is 5.82 Å². The predicted molar refractivity (Wildman–Crippen MR) is 120 cm³/mol. The number of ether oxygens (including phenoxy) is 3. The Bertz CT molecular complexity index is 1150. The van der Waals surface area contributed by atoms with Gasteiger partial charge in [0.15, 0.2) is 30.1 Å². The summed E-state index contributed by atoms with van der Waals surface area (Å²) in [6, 6.07) is 7.05. The summed E-state index contributed by atoms with van der Waals surface area (Å²) in [5.74, 6) is -0.331. The molecule has 33 heavy (non-hydrogen) atoms. The average Bonchev–Trinajstić information content (AvgIpc) is 3.48. The van der Waals surface area contributed by atoms with Crippen molar-refractivity contribution in [3.63, 3.8) is 0 Å². The van der Waals surface area contributed by atoms with Crippen LogP contribution in [0, 0.1) is 0 Å². The first-order valence-corrected chi connectivity index (χ1v) is 10.5. The summed E-state index contributed by atoms with van der Waals surface area (Å²) in [4.78, 5) is 24.8. The molecule has 2 fully saturated rings. The number of rotatable bonds is 5. The van der Waals surface area contributed by atoms with E-state index in [1.807, 2.05) is 0 Å². The highest BCUT2D eigenvalue weighted by atomic mass is 35.5. The van der Waals surface area contributed by atoms with E-state index in [-0.39, 0.29) is 18.2 Å². The molecule has 4 N–H and O–H groups in total. The highest BCUT2D eigenvalue weighted by Gasteiger charge is 2.57. The molecular formula is C20H22Cl2N6O5. The molecule has 1 amide bonds. The number of hydrogen-bond acceptors (Lipinski definition) is 9. The standard InChI is InChI=1S/C20H21ClN6O5.ClH/c1-2-23-18(29)12(28)13-14-15(32-20(31-14)9-3-5-10(21)6-4-9)19(30-13)27-8-26-11-16(22)24-7-25-17(11)27;/h3-8,12-15,19-20,28H,2H2,1H3,(H,23,29)(H2,22,24,25);1H/t12?,13-,14-,15-,19-,20?;/m1./s1. The monoisotopic (exact) mass is 496 g/mol. The van der Waals surface area contributed by atoms with Crippen LogP contribution in [-0.2, 0) is 19.0 Å². The van der Waals surface area contributed by atoms with Gasteiger partial charge in [-0.2, -0.15) is 0 Å². The molecule has 6 atom stereocenters. The molecular weight excluding hydrogens is 475 g/mol. The molecule has 2 unspecified atom stereocenters. The summed E-state index contributed by atoms with van der Waals surface area (Å²) < 4.78 is 20.0. The number of imidazole rings is 1. The second kappa shape index (κ2) is 9.37. The number of nitrogens with zero attached hydrogens (tertiary/aromatic N) is 4. The Morgan fingerprint density at radius 2 is 1.94 bits per heavy atom. The van der Waals surface area contributed by atoms with E-state index in [4.69, 9.17) is 31.5 Å². The number of carbonyl (C=O) groups is 1. The fourth-order valence-corrected chi connectivity index (χ4v) is 4.15. The Morgan fingerprint density at radius 3 is 2.67 bits per heavy atom. The number of fused-ring (bicyclic) bond motifs is 2. The minimum absolute atomic E-state index is 0. The van der Waals surface area contributed by atoms with Crippen molar-refractivity contribution < 1.29 is 24.1 Å². The number of anilines is 1. The first-order valence-electron chi connectivity index (χ1n) is 10.1. The maximum atomic E-state index is 12.3. The van der Waals surface area contributed by atoms with Crippen LogP contribution in [-0.4, -0.2) is 61.5 Å². The number of halogens is 2. The van der Waals surface area contributed by atoms with Crippen LogP contribution in [0.25, 0.3) is 11.2 Å². The van der Waals surface area contributed by atoms with Crippen LogP contribution in [0.2, 0.25) is 5.02 Å². The molecule has 2 aromatic heterocycles. The number of aliphatic hydroxyl groups excluding tert-OH is 1. The molecule has 0 saturated carbocycles. The normalized spacial score (nSPS) is 27.2. The Labute approximate surface area is 199 Å². The third-order valence-corrected chi connectivity index (χ3v) is 5.77. The van der Waals surface area contributed by atoms with Crippen molar-refractivity contribution in [1.29, 1.82) is 0 Å². The summed E-state index contributed by atoms with van der Waals surface area (Å²) >= 11 is 5.99. The van der Waals surface area contributed by atoms with Crippen LogP contribution in [0.15, 0.2) is 36.9 Å². The van der Waals surface area contributed by atoms with Crippen LogP contribution in [0.5, 0.6) is 0 Å². The molecule has 2 aliphatic rings. The number of aliphatic hydroxyl groups is 1. The Morgan fingerprint density at radius 1 is 1.21 bits per heavy atom. The fourth-order valence-electron chi connectivity index (χ4n) is 4.02. The Hall–Kier alpha value is -2.54.